The van der Waals surface area contributed by atoms with Crippen LogP contribution in [0.2, 0.25) is 10.0 Å². The van der Waals surface area contributed by atoms with E-state index in [9.17, 15) is 0 Å². The average molecular weight is 204 g/mol. The molecule has 0 atom stereocenters. The molecule has 4 N–H and O–H groups in total. The third-order valence-corrected chi connectivity index (χ3v) is 1.65. The molecule has 0 radical (unpaired) electrons. The molecule has 0 aliphatic rings. The van der Waals surface area contributed by atoms with Crippen molar-refractivity contribution in [2.45, 2.75) is 0 Å². The Morgan fingerprint density at radius 2 is 2.08 bits per heavy atom. The van der Waals surface area contributed by atoms with Crippen LogP contribution in [0.3, 0.4) is 0 Å². The van der Waals surface area contributed by atoms with Gasteiger partial charge in [-0.1, -0.05) is 23.2 Å². The van der Waals surface area contributed by atoms with Crippen LogP contribution in [0, 0.1) is 0 Å². The molecule has 12 heavy (non-hydrogen) atoms. The molecule has 1 heterocycles. The Morgan fingerprint density at radius 1 is 1.42 bits per heavy atom. The molecule has 64 valence electrons. The molecule has 1 aromatic rings. The van der Waals surface area contributed by atoms with E-state index in [1.54, 1.807) is 6.07 Å². The monoisotopic (exact) mass is 203 g/mol. The van der Waals surface area contributed by atoms with Gasteiger partial charge in [0.15, 0.2) is 0 Å². The molecule has 0 aliphatic carbocycles. The minimum atomic E-state index is 0.159. The molecule has 5 heteroatoms. The van der Waals surface area contributed by atoms with Crippen LogP contribution in [0.1, 0.15) is 5.69 Å². The highest BCUT2D eigenvalue weighted by atomic mass is 35.5. The molecular weight excluding hydrogens is 197 g/mol. The molecule has 0 spiro atoms. The van der Waals surface area contributed by atoms with Gasteiger partial charge >= 0.3 is 0 Å². The third kappa shape index (κ3) is 2.29. The summed E-state index contributed by atoms with van der Waals surface area (Å²) in [5, 5.41) is 0.906. The van der Waals surface area contributed by atoms with Crippen molar-refractivity contribution < 1.29 is 0 Å². The second-order valence-corrected chi connectivity index (χ2v) is 3.01. The van der Waals surface area contributed by atoms with Crippen molar-refractivity contribution in [1.82, 2.24) is 4.98 Å². The first-order valence-electron chi connectivity index (χ1n) is 3.13. The SMILES string of the molecule is NC(N)=Cc1ncc(Cl)cc1Cl. The van der Waals surface area contributed by atoms with Gasteiger partial charge in [0.2, 0.25) is 0 Å². The van der Waals surface area contributed by atoms with Gasteiger partial charge in [-0.15, -0.1) is 0 Å². The number of hydrogen-bond acceptors (Lipinski definition) is 3. The third-order valence-electron chi connectivity index (χ3n) is 1.14. The molecule has 1 rings (SSSR count). The van der Waals surface area contributed by atoms with Crippen LogP contribution in [-0.2, 0) is 0 Å². The van der Waals surface area contributed by atoms with Gasteiger partial charge in [-0.05, 0) is 6.07 Å². The second kappa shape index (κ2) is 3.65. The zero-order valence-corrected chi connectivity index (χ0v) is 7.60. The lowest BCUT2D eigenvalue weighted by molar-refractivity contribution is 1.24. The topological polar surface area (TPSA) is 64.9 Å². The number of pyridine rings is 1. The Bertz CT molecular complexity index is 318. The van der Waals surface area contributed by atoms with Crippen molar-refractivity contribution in [1.29, 1.82) is 0 Å². The van der Waals surface area contributed by atoms with E-state index in [0.29, 0.717) is 15.7 Å². The maximum absolute atomic E-state index is 5.77. The number of nitrogens with zero attached hydrogens (tertiary/aromatic N) is 1. The lowest BCUT2D eigenvalue weighted by Gasteiger charge is -1.97. The molecule has 0 saturated carbocycles. The van der Waals surface area contributed by atoms with Gasteiger partial charge in [-0.2, -0.15) is 0 Å². The van der Waals surface area contributed by atoms with Gasteiger partial charge in [0.25, 0.3) is 0 Å². The maximum Gasteiger partial charge on any atom is 0.0955 e. The maximum atomic E-state index is 5.77. The number of halogens is 2. The smallest absolute Gasteiger partial charge is 0.0955 e. The summed E-state index contributed by atoms with van der Waals surface area (Å²) in [6, 6.07) is 1.57. The van der Waals surface area contributed by atoms with E-state index in [1.807, 2.05) is 0 Å². The number of nitrogens with two attached hydrogens (primary N) is 2. The molecule has 0 amide bonds. The standard InChI is InChI=1S/C7H7Cl2N3/c8-4-1-5(9)6(12-3-4)2-7(10)11/h1-3H,10-11H2. The summed E-state index contributed by atoms with van der Waals surface area (Å²) >= 11 is 11.4. The molecule has 3 nitrogen and oxygen atoms in total. The highest BCUT2D eigenvalue weighted by Gasteiger charge is 1.99. The van der Waals surface area contributed by atoms with E-state index in [2.05, 4.69) is 4.98 Å². The van der Waals surface area contributed by atoms with Crippen LogP contribution in [-0.4, -0.2) is 4.98 Å². The van der Waals surface area contributed by atoms with Gasteiger partial charge in [-0.3, -0.25) is 4.98 Å². The predicted octanol–water partition coefficient (Wildman–Crippen LogP) is 1.60. The van der Waals surface area contributed by atoms with Gasteiger partial charge in [-0.25, -0.2) is 0 Å². The molecule has 1 aromatic heterocycles. The lowest BCUT2D eigenvalue weighted by atomic mass is 10.3. The van der Waals surface area contributed by atoms with E-state index >= 15 is 0 Å². The summed E-state index contributed by atoms with van der Waals surface area (Å²) < 4.78 is 0. The van der Waals surface area contributed by atoms with Crippen molar-refractivity contribution in [2.24, 2.45) is 11.5 Å². The van der Waals surface area contributed by atoms with Crippen LogP contribution in [0.15, 0.2) is 18.1 Å². The van der Waals surface area contributed by atoms with Crippen LogP contribution in [0.5, 0.6) is 0 Å². The fourth-order valence-electron chi connectivity index (χ4n) is 0.689. The highest BCUT2D eigenvalue weighted by molar-refractivity contribution is 6.35. The summed E-state index contributed by atoms with van der Waals surface area (Å²) in [5.41, 5.74) is 11.0. The van der Waals surface area contributed by atoms with Crippen LogP contribution in [0.4, 0.5) is 0 Å². The van der Waals surface area contributed by atoms with Crippen LogP contribution < -0.4 is 11.5 Å². The summed E-state index contributed by atoms with van der Waals surface area (Å²) in [4.78, 5) is 3.92. The van der Waals surface area contributed by atoms with Crippen molar-refractivity contribution in [3.05, 3.63) is 33.8 Å². The first-order chi connectivity index (χ1) is 5.59. The fourth-order valence-corrected chi connectivity index (χ4v) is 1.12. The van der Waals surface area contributed by atoms with E-state index in [1.165, 1.54) is 12.3 Å². The van der Waals surface area contributed by atoms with Crippen molar-refractivity contribution in [3.63, 3.8) is 0 Å². The summed E-state index contributed by atoms with van der Waals surface area (Å²) in [7, 11) is 0. The Labute approximate surface area is 80.0 Å². The summed E-state index contributed by atoms with van der Waals surface area (Å²) in [6.45, 7) is 0. The molecule has 0 saturated heterocycles. The predicted molar refractivity (Wildman–Crippen MR) is 50.6 cm³/mol. The van der Waals surface area contributed by atoms with Gasteiger partial charge in [0, 0.05) is 12.3 Å². The molecule has 0 aliphatic heterocycles. The average Bonchev–Trinajstić information content (AvgIpc) is 1.94. The minimum Gasteiger partial charge on any atom is -0.386 e. The normalized spacial score (nSPS) is 9.50. The van der Waals surface area contributed by atoms with Crippen LogP contribution in [0.25, 0.3) is 6.08 Å². The first kappa shape index (κ1) is 9.16. The first-order valence-corrected chi connectivity index (χ1v) is 3.89. The van der Waals surface area contributed by atoms with E-state index < -0.39 is 0 Å². The van der Waals surface area contributed by atoms with Gasteiger partial charge < -0.3 is 11.5 Å². The molecule has 0 unspecified atom stereocenters. The van der Waals surface area contributed by atoms with E-state index in [4.69, 9.17) is 34.7 Å². The number of hydrogen-bond donors (Lipinski definition) is 2. The molecular formula is C7H7Cl2N3. The Kier molecular flexibility index (Phi) is 2.78. The quantitative estimate of drug-likeness (QED) is 0.730. The fraction of sp³-hybridized carbons (Fsp3) is 0. The number of aromatic nitrogens is 1. The van der Waals surface area contributed by atoms with Crippen molar-refractivity contribution in [3.8, 4) is 0 Å². The lowest BCUT2D eigenvalue weighted by Crippen LogP contribution is -2.07. The zero-order chi connectivity index (χ0) is 9.14. The van der Waals surface area contributed by atoms with E-state index in [0.717, 1.165) is 0 Å². The molecule has 0 bridgehead atoms. The van der Waals surface area contributed by atoms with Crippen molar-refractivity contribution >= 4 is 29.3 Å². The van der Waals surface area contributed by atoms with E-state index in [-0.39, 0.29) is 5.82 Å². The number of rotatable bonds is 1. The highest BCUT2D eigenvalue weighted by Crippen LogP contribution is 2.19. The summed E-state index contributed by atoms with van der Waals surface area (Å²) in [5.74, 6) is 0.159. The summed E-state index contributed by atoms with van der Waals surface area (Å²) in [6.07, 6.45) is 2.95. The Morgan fingerprint density at radius 3 is 2.58 bits per heavy atom. The molecule has 0 aromatic carbocycles. The molecule has 0 fully saturated rings. The zero-order valence-electron chi connectivity index (χ0n) is 6.09. The minimum absolute atomic E-state index is 0.159. The Balaban J connectivity index is 3.10. The van der Waals surface area contributed by atoms with Crippen LogP contribution >= 0.6 is 23.2 Å². The Hall–Kier alpha value is -0.930. The van der Waals surface area contributed by atoms with Crippen molar-refractivity contribution in [2.75, 3.05) is 0 Å². The van der Waals surface area contributed by atoms with Gasteiger partial charge in [0.1, 0.15) is 0 Å². The van der Waals surface area contributed by atoms with Gasteiger partial charge in [0.05, 0.1) is 21.6 Å². The largest absolute Gasteiger partial charge is 0.386 e. The second-order valence-electron chi connectivity index (χ2n) is 2.16.